The summed E-state index contributed by atoms with van der Waals surface area (Å²) in [6.07, 6.45) is 4.80. The molecule has 1 aromatic carbocycles. The molecule has 1 amide bonds. The summed E-state index contributed by atoms with van der Waals surface area (Å²) in [6.45, 7) is 6.16. The first-order chi connectivity index (χ1) is 15.1. The standard InChI is InChI=1S/C22H27Cl2N7O/c1-22(2,3)30-20-26-11-17-19(29-20)31(16-6-4-12(5-7-16)18(25)32)21(28-17)27-15-9-13(23)8-14(24)10-15/h8-12,16H,4-7H2,1-3H3,(H2,25,32)(H,27,28)(H,26,29,30). The van der Waals surface area contributed by atoms with Gasteiger partial charge in [-0.05, 0) is 64.7 Å². The predicted octanol–water partition coefficient (Wildman–Crippen LogP) is 5.30. The Labute approximate surface area is 196 Å². The van der Waals surface area contributed by atoms with Gasteiger partial charge >= 0.3 is 0 Å². The highest BCUT2D eigenvalue weighted by atomic mass is 35.5. The second-order valence-electron chi connectivity index (χ2n) is 9.27. The molecule has 0 unspecified atom stereocenters. The van der Waals surface area contributed by atoms with Gasteiger partial charge in [0.1, 0.15) is 5.52 Å². The molecule has 10 heteroatoms. The lowest BCUT2D eigenvalue weighted by Gasteiger charge is -2.29. The van der Waals surface area contributed by atoms with Gasteiger partial charge in [0.05, 0.1) is 6.20 Å². The molecule has 4 N–H and O–H groups in total. The largest absolute Gasteiger partial charge is 0.369 e. The van der Waals surface area contributed by atoms with Gasteiger partial charge in [-0.1, -0.05) is 23.2 Å². The number of primary amides is 1. The normalized spacial score (nSPS) is 19.2. The summed E-state index contributed by atoms with van der Waals surface area (Å²) in [5, 5.41) is 7.72. The van der Waals surface area contributed by atoms with E-state index in [9.17, 15) is 4.79 Å². The maximum atomic E-state index is 11.6. The molecule has 1 aliphatic rings. The van der Waals surface area contributed by atoms with Gasteiger partial charge in [-0.2, -0.15) is 4.98 Å². The van der Waals surface area contributed by atoms with Crippen LogP contribution in [0.5, 0.6) is 0 Å². The van der Waals surface area contributed by atoms with E-state index in [2.05, 4.69) is 41.0 Å². The van der Waals surface area contributed by atoms with Gasteiger partial charge in [0.25, 0.3) is 0 Å². The minimum Gasteiger partial charge on any atom is -0.369 e. The lowest BCUT2D eigenvalue weighted by molar-refractivity contribution is -0.122. The average Bonchev–Trinajstić information content (AvgIpc) is 3.03. The lowest BCUT2D eigenvalue weighted by Crippen LogP contribution is -2.29. The number of nitrogens with two attached hydrogens (primary N) is 1. The molecule has 0 spiro atoms. The summed E-state index contributed by atoms with van der Waals surface area (Å²) < 4.78 is 2.09. The van der Waals surface area contributed by atoms with Crippen molar-refractivity contribution in [3.05, 3.63) is 34.4 Å². The number of hydrogen-bond donors (Lipinski definition) is 3. The van der Waals surface area contributed by atoms with Crippen LogP contribution in [0.2, 0.25) is 10.0 Å². The van der Waals surface area contributed by atoms with Gasteiger partial charge in [-0.25, -0.2) is 9.97 Å². The van der Waals surface area contributed by atoms with E-state index >= 15 is 0 Å². The zero-order chi connectivity index (χ0) is 23.0. The molecule has 32 heavy (non-hydrogen) atoms. The highest BCUT2D eigenvalue weighted by molar-refractivity contribution is 6.35. The minimum atomic E-state index is -0.232. The number of fused-ring (bicyclic) bond motifs is 1. The van der Waals surface area contributed by atoms with Crippen molar-refractivity contribution < 1.29 is 4.79 Å². The number of carbonyl (C=O) groups excluding carboxylic acids is 1. The quantitative estimate of drug-likeness (QED) is 0.461. The number of carbonyl (C=O) groups is 1. The third-order valence-electron chi connectivity index (χ3n) is 5.50. The first-order valence-electron chi connectivity index (χ1n) is 10.6. The van der Waals surface area contributed by atoms with Crippen LogP contribution in [0.4, 0.5) is 17.6 Å². The maximum absolute atomic E-state index is 11.6. The molecule has 8 nitrogen and oxygen atoms in total. The van der Waals surface area contributed by atoms with E-state index in [0.717, 1.165) is 37.0 Å². The zero-order valence-corrected chi connectivity index (χ0v) is 19.8. The molecule has 1 aliphatic carbocycles. The third kappa shape index (κ3) is 5.07. The van der Waals surface area contributed by atoms with Gasteiger partial charge in [0.2, 0.25) is 17.8 Å². The molecule has 0 bridgehead atoms. The zero-order valence-electron chi connectivity index (χ0n) is 18.3. The monoisotopic (exact) mass is 475 g/mol. The molecular formula is C22H27Cl2N7O. The van der Waals surface area contributed by atoms with Crippen molar-refractivity contribution in [1.82, 2.24) is 19.5 Å². The summed E-state index contributed by atoms with van der Waals surface area (Å²) in [6, 6.07) is 5.38. The molecule has 2 heterocycles. The number of imidazole rings is 1. The molecule has 170 valence electrons. The van der Waals surface area contributed by atoms with Crippen molar-refractivity contribution in [3.8, 4) is 0 Å². The summed E-state index contributed by atoms with van der Waals surface area (Å²) in [5.74, 6) is 0.846. The molecule has 2 aromatic heterocycles. The third-order valence-corrected chi connectivity index (χ3v) is 5.94. The minimum absolute atomic E-state index is 0.0862. The van der Waals surface area contributed by atoms with Crippen LogP contribution < -0.4 is 16.4 Å². The molecule has 4 rings (SSSR count). The van der Waals surface area contributed by atoms with Crippen LogP contribution in [-0.2, 0) is 4.79 Å². The Balaban J connectivity index is 1.76. The molecule has 3 aromatic rings. The Kier molecular flexibility index (Phi) is 6.18. The fourth-order valence-corrected chi connectivity index (χ4v) is 4.62. The summed E-state index contributed by atoms with van der Waals surface area (Å²) in [7, 11) is 0. The summed E-state index contributed by atoms with van der Waals surface area (Å²) in [4.78, 5) is 25.6. The highest BCUT2D eigenvalue weighted by Crippen LogP contribution is 2.37. The fraction of sp³-hybridized carbons (Fsp3) is 0.455. The number of hydrogen-bond acceptors (Lipinski definition) is 6. The fourth-order valence-electron chi connectivity index (χ4n) is 4.09. The Morgan fingerprint density at radius 2 is 1.75 bits per heavy atom. The first kappa shape index (κ1) is 22.6. The van der Waals surface area contributed by atoms with E-state index in [1.54, 1.807) is 24.4 Å². The summed E-state index contributed by atoms with van der Waals surface area (Å²) >= 11 is 12.4. The van der Waals surface area contributed by atoms with Gasteiger partial charge in [-0.15, -0.1) is 0 Å². The van der Waals surface area contributed by atoms with Crippen molar-refractivity contribution in [1.29, 1.82) is 0 Å². The van der Waals surface area contributed by atoms with Crippen molar-refractivity contribution in [2.45, 2.75) is 58.0 Å². The van der Waals surface area contributed by atoms with Gasteiger partial charge in [0, 0.05) is 33.2 Å². The van der Waals surface area contributed by atoms with E-state index in [-0.39, 0.29) is 23.4 Å². The predicted molar refractivity (Wildman–Crippen MR) is 129 cm³/mol. The SMILES string of the molecule is CC(C)(C)Nc1ncc2nc(Nc3cc(Cl)cc(Cl)c3)n(C3CCC(C(N)=O)CC3)c2n1. The van der Waals surface area contributed by atoms with Crippen LogP contribution in [0.3, 0.4) is 0 Å². The molecule has 0 saturated heterocycles. The van der Waals surface area contributed by atoms with Gasteiger partial charge in [0.15, 0.2) is 5.65 Å². The molecule has 0 radical (unpaired) electrons. The van der Waals surface area contributed by atoms with E-state index in [4.69, 9.17) is 38.9 Å². The second kappa shape index (κ2) is 8.75. The Morgan fingerprint density at radius 1 is 1.09 bits per heavy atom. The molecule has 0 aliphatic heterocycles. The van der Waals surface area contributed by atoms with Crippen LogP contribution in [0.15, 0.2) is 24.4 Å². The Bertz CT molecular complexity index is 1130. The first-order valence-corrected chi connectivity index (χ1v) is 11.4. The Morgan fingerprint density at radius 3 is 2.34 bits per heavy atom. The van der Waals surface area contributed by atoms with Crippen LogP contribution >= 0.6 is 23.2 Å². The molecule has 0 atom stereocenters. The molecule has 1 saturated carbocycles. The number of nitrogens with one attached hydrogen (secondary N) is 2. The van der Waals surface area contributed by atoms with Crippen LogP contribution in [0.1, 0.15) is 52.5 Å². The second-order valence-corrected chi connectivity index (χ2v) is 10.1. The van der Waals surface area contributed by atoms with E-state index in [1.807, 2.05) is 0 Å². The van der Waals surface area contributed by atoms with Crippen molar-refractivity contribution in [3.63, 3.8) is 0 Å². The van der Waals surface area contributed by atoms with Crippen LogP contribution in [0, 0.1) is 5.92 Å². The average molecular weight is 476 g/mol. The number of halogens is 2. The van der Waals surface area contributed by atoms with Crippen molar-refractivity contribution >= 4 is 57.9 Å². The molecular weight excluding hydrogens is 449 g/mol. The Hall–Kier alpha value is -2.58. The molecule has 1 fully saturated rings. The van der Waals surface area contributed by atoms with Gasteiger partial charge in [-0.3, -0.25) is 9.36 Å². The van der Waals surface area contributed by atoms with Crippen molar-refractivity contribution in [2.24, 2.45) is 11.7 Å². The lowest BCUT2D eigenvalue weighted by atomic mass is 9.85. The van der Waals surface area contributed by atoms with Crippen LogP contribution in [-0.4, -0.2) is 31.0 Å². The smallest absolute Gasteiger partial charge is 0.225 e. The number of nitrogens with zero attached hydrogens (tertiary/aromatic N) is 4. The number of aromatic nitrogens is 4. The number of anilines is 3. The van der Waals surface area contributed by atoms with Crippen LogP contribution in [0.25, 0.3) is 11.2 Å². The van der Waals surface area contributed by atoms with Gasteiger partial charge < -0.3 is 16.4 Å². The van der Waals surface area contributed by atoms with E-state index in [1.165, 1.54) is 0 Å². The summed E-state index contributed by atoms with van der Waals surface area (Å²) in [5.41, 5.74) is 7.48. The van der Waals surface area contributed by atoms with Crippen molar-refractivity contribution in [2.75, 3.05) is 10.6 Å². The number of rotatable bonds is 5. The maximum Gasteiger partial charge on any atom is 0.225 e. The van der Waals surface area contributed by atoms with E-state index in [0.29, 0.717) is 27.5 Å². The number of amides is 1. The number of benzene rings is 1. The topological polar surface area (TPSA) is 111 Å². The van der Waals surface area contributed by atoms with E-state index < -0.39 is 0 Å². The highest BCUT2D eigenvalue weighted by Gasteiger charge is 2.29.